The van der Waals surface area contributed by atoms with Gasteiger partial charge in [0.2, 0.25) is 0 Å². The first kappa shape index (κ1) is 18.4. The van der Waals surface area contributed by atoms with Crippen molar-refractivity contribution in [3.63, 3.8) is 0 Å². The highest BCUT2D eigenvalue weighted by molar-refractivity contribution is 6.01. The highest BCUT2D eigenvalue weighted by Gasteiger charge is 2.58. The molecule has 0 heterocycles. The molecule has 0 unspecified atom stereocenters. The summed E-state index contributed by atoms with van der Waals surface area (Å²) in [7, 11) is 0. The van der Waals surface area contributed by atoms with E-state index in [0.717, 1.165) is 24.9 Å². The molecule has 2 nitrogen and oxygen atoms in total. The summed E-state index contributed by atoms with van der Waals surface area (Å²) in [6.45, 7) is 5.63. The van der Waals surface area contributed by atoms with E-state index >= 15 is 0 Å². The van der Waals surface area contributed by atoms with Crippen LogP contribution in [0.3, 0.4) is 0 Å². The molecule has 0 spiro atoms. The lowest BCUT2D eigenvalue weighted by molar-refractivity contribution is -0.111. The normalized spacial score (nSPS) is 41.8. The third-order valence-corrected chi connectivity index (χ3v) is 8.76. The van der Waals surface area contributed by atoms with Crippen LogP contribution in [-0.4, -0.2) is 11.9 Å². The SMILES string of the molecule is C[C@]12CC[C@H]3[C@@H](CCC4=CC(=O)C=C[C@@]43C)[C@@H]1CC[C@@H]2OCc1ccccc1. The van der Waals surface area contributed by atoms with Crippen LogP contribution in [0.25, 0.3) is 0 Å². The highest BCUT2D eigenvalue weighted by atomic mass is 16.5. The van der Waals surface area contributed by atoms with Gasteiger partial charge in [-0.3, -0.25) is 4.79 Å². The molecule has 1 aromatic carbocycles. The summed E-state index contributed by atoms with van der Waals surface area (Å²) >= 11 is 0. The van der Waals surface area contributed by atoms with Crippen LogP contribution in [0.2, 0.25) is 0 Å². The first-order chi connectivity index (χ1) is 13.5. The predicted octanol–water partition coefficient (Wildman–Crippen LogP) is 5.88. The molecule has 5 rings (SSSR count). The van der Waals surface area contributed by atoms with E-state index in [2.05, 4.69) is 50.3 Å². The van der Waals surface area contributed by atoms with Crippen molar-refractivity contribution in [2.24, 2.45) is 28.6 Å². The van der Waals surface area contributed by atoms with Gasteiger partial charge >= 0.3 is 0 Å². The number of carbonyl (C=O) groups is 1. The Hall–Kier alpha value is -1.67. The molecule has 4 aliphatic rings. The first-order valence-electron chi connectivity index (χ1n) is 11.1. The van der Waals surface area contributed by atoms with E-state index in [4.69, 9.17) is 4.74 Å². The van der Waals surface area contributed by atoms with Crippen molar-refractivity contribution in [1.29, 1.82) is 0 Å². The van der Waals surface area contributed by atoms with Gasteiger partial charge in [-0.15, -0.1) is 0 Å². The summed E-state index contributed by atoms with van der Waals surface area (Å²) in [6.07, 6.45) is 13.7. The van der Waals surface area contributed by atoms with Crippen molar-refractivity contribution in [2.45, 2.75) is 65.1 Å². The zero-order valence-corrected chi connectivity index (χ0v) is 17.2. The van der Waals surface area contributed by atoms with Crippen LogP contribution >= 0.6 is 0 Å². The molecule has 3 fully saturated rings. The lowest BCUT2D eigenvalue weighted by Crippen LogP contribution is -2.50. The van der Waals surface area contributed by atoms with Gasteiger partial charge in [0.25, 0.3) is 0 Å². The molecule has 1 aromatic rings. The fourth-order valence-electron chi connectivity index (χ4n) is 7.19. The van der Waals surface area contributed by atoms with Gasteiger partial charge in [-0.2, -0.15) is 0 Å². The molecule has 0 radical (unpaired) electrons. The lowest BCUT2D eigenvalue weighted by Gasteiger charge is -2.56. The number of hydrogen-bond acceptors (Lipinski definition) is 2. The largest absolute Gasteiger partial charge is 0.373 e. The second-order valence-electron chi connectivity index (χ2n) is 10.0. The third-order valence-electron chi connectivity index (χ3n) is 8.76. The van der Waals surface area contributed by atoms with Crippen molar-refractivity contribution in [2.75, 3.05) is 0 Å². The molecule has 6 atom stereocenters. The Bertz CT molecular complexity index is 822. The minimum absolute atomic E-state index is 0.0984. The Kier molecular flexibility index (Phi) is 4.39. The minimum atomic E-state index is 0.0984. The second-order valence-corrected chi connectivity index (χ2v) is 10.0. The number of benzene rings is 1. The Morgan fingerprint density at radius 3 is 2.68 bits per heavy atom. The van der Waals surface area contributed by atoms with Gasteiger partial charge in [0.1, 0.15) is 0 Å². The van der Waals surface area contributed by atoms with E-state index in [0.29, 0.717) is 17.4 Å². The van der Waals surface area contributed by atoms with Crippen LogP contribution < -0.4 is 0 Å². The number of allylic oxidation sites excluding steroid dienone is 4. The van der Waals surface area contributed by atoms with E-state index in [1.165, 1.54) is 43.2 Å². The number of rotatable bonds is 3. The maximum Gasteiger partial charge on any atom is 0.178 e. The predicted molar refractivity (Wildman–Crippen MR) is 112 cm³/mol. The number of hydrogen-bond donors (Lipinski definition) is 0. The monoisotopic (exact) mass is 376 g/mol. The molecule has 4 aliphatic carbocycles. The molecular weight excluding hydrogens is 344 g/mol. The number of ether oxygens (including phenoxy) is 1. The van der Waals surface area contributed by atoms with Crippen LogP contribution in [0, 0.1) is 28.6 Å². The van der Waals surface area contributed by atoms with Crippen molar-refractivity contribution in [3.8, 4) is 0 Å². The smallest absolute Gasteiger partial charge is 0.178 e. The van der Waals surface area contributed by atoms with Gasteiger partial charge < -0.3 is 4.74 Å². The fraction of sp³-hybridized carbons (Fsp3) is 0.577. The van der Waals surface area contributed by atoms with Crippen LogP contribution in [0.1, 0.15) is 57.9 Å². The van der Waals surface area contributed by atoms with Gasteiger partial charge in [-0.25, -0.2) is 0 Å². The van der Waals surface area contributed by atoms with Crippen molar-refractivity contribution >= 4 is 5.78 Å². The molecule has 3 saturated carbocycles. The number of fused-ring (bicyclic) bond motifs is 5. The van der Waals surface area contributed by atoms with Crippen molar-refractivity contribution in [1.82, 2.24) is 0 Å². The van der Waals surface area contributed by atoms with Gasteiger partial charge in [0.15, 0.2) is 5.78 Å². The average Bonchev–Trinajstić information content (AvgIpc) is 3.04. The standard InChI is InChI=1S/C26H32O2/c1-25-14-12-20(27)16-19(25)8-9-21-22-10-11-24(26(22,2)15-13-23(21)25)28-17-18-6-4-3-5-7-18/h3-7,12,14,16,21-24H,8-11,13,15,17H2,1-2H3/t21-,22-,23-,24-,25-,26-/m0/s1. The Balaban J connectivity index is 1.35. The molecule has 0 bridgehead atoms. The summed E-state index contributed by atoms with van der Waals surface area (Å²) in [4.78, 5) is 11.9. The zero-order chi connectivity index (χ0) is 19.4. The van der Waals surface area contributed by atoms with Gasteiger partial charge in [0, 0.05) is 5.41 Å². The van der Waals surface area contributed by atoms with E-state index < -0.39 is 0 Å². The van der Waals surface area contributed by atoms with Crippen LogP contribution in [0.5, 0.6) is 0 Å². The molecule has 2 heteroatoms. The molecule has 0 aromatic heterocycles. The van der Waals surface area contributed by atoms with Gasteiger partial charge in [-0.05, 0) is 79.4 Å². The van der Waals surface area contributed by atoms with Gasteiger partial charge in [-0.1, -0.05) is 55.8 Å². The Morgan fingerprint density at radius 1 is 1.04 bits per heavy atom. The molecule has 148 valence electrons. The first-order valence-corrected chi connectivity index (χ1v) is 11.1. The van der Waals surface area contributed by atoms with Crippen molar-refractivity contribution in [3.05, 3.63) is 59.7 Å². The number of ketones is 1. The fourth-order valence-corrected chi connectivity index (χ4v) is 7.19. The topological polar surface area (TPSA) is 26.3 Å². The molecule has 0 saturated heterocycles. The molecule has 0 N–H and O–H groups in total. The lowest BCUT2D eigenvalue weighted by atomic mass is 9.48. The third kappa shape index (κ3) is 2.76. The van der Waals surface area contributed by atoms with Crippen LogP contribution in [-0.2, 0) is 16.1 Å². The summed E-state index contributed by atoms with van der Waals surface area (Å²) in [5.41, 5.74) is 3.07. The van der Waals surface area contributed by atoms with Crippen LogP contribution in [0.15, 0.2) is 54.1 Å². The molecular formula is C26H32O2. The Labute approximate surface area is 169 Å². The maximum atomic E-state index is 11.9. The summed E-state index contributed by atoms with van der Waals surface area (Å²) in [5, 5.41) is 0. The molecule has 0 amide bonds. The van der Waals surface area contributed by atoms with E-state index in [9.17, 15) is 4.79 Å². The summed E-state index contributed by atoms with van der Waals surface area (Å²) < 4.78 is 6.52. The van der Waals surface area contributed by atoms with E-state index in [1.807, 2.05) is 12.2 Å². The van der Waals surface area contributed by atoms with Gasteiger partial charge in [0.05, 0.1) is 12.7 Å². The number of carbonyl (C=O) groups excluding carboxylic acids is 1. The maximum absolute atomic E-state index is 11.9. The van der Waals surface area contributed by atoms with Crippen molar-refractivity contribution < 1.29 is 9.53 Å². The van der Waals surface area contributed by atoms with E-state index in [-0.39, 0.29) is 11.2 Å². The molecule has 0 aliphatic heterocycles. The quantitative estimate of drug-likeness (QED) is 0.658. The summed E-state index contributed by atoms with van der Waals surface area (Å²) in [5.74, 6) is 2.39. The second kappa shape index (κ2) is 6.69. The van der Waals surface area contributed by atoms with E-state index in [1.54, 1.807) is 0 Å². The van der Waals surface area contributed by atoms with Crippen LogP contribution in [0.4, 0.5) is 0 Å². The molecule has 28 heavy (non-hydrogen) atoms. The Morgan fingerprint density at radius 2 is 1.86 bits per heavy atom. The minimum Gasteiger partial charge on any atom is -0.373 e. The average molecular weight is 377 g/mol. The summed E-state index contributed by atoms with van der Waals surface area (Å²) in [6, 6.07) is 10.6. The highest BCUT2D eigenvalue weighted by Crippen LogP contribution is 2.64. The zero-order valence-electron chi connectivity index (χ0n) is 17.2.